The third-order valence-electron chi connectivity index (χ3n) is 4.35. The van der Waals surface area contributed by atoms with Crippen molar-refractivity contribution in [2.45, 2.75) is 20.8 Å². The molecular formula is C21H26N5O+. The summed E-state index contributed by atoms with van der Waals surface area (Å²) in [5.41, 5.74) is 7.81. The van der Waals surface area contributed by atoms with Gasteiger partial charge in [-0.15, -0.1) is 0 Å². The molecular weight excluding hydrogens is 338 g/mol. The highest BCUT2D eigenvalue weighted by Gasteiger charge is 2.19. The average molecular weight is 364 g/mol. The van der Waals surface area contributed by atoms with Gasteiger partial charge in [0.25, 0.3) is 0 Å². The maximum atomic E-state index is 8.72. The van der Waals surface area contributed by atoms with E-state index in [0.29, 0.717) is 35.4 Å². The lowest BCUT2D eigenvalue weighted by Gasteiger charge is -2.12. The van der Waals surface area contributed by atoms with Gasteiger partial charge in [-0.1, -0.05) is 32.0 Å². The third kappa shape index (κ3) is 4.23. The van der Waals surface area contributed by atoms with Crippen LogP contribution in [0.25, 0.3) is 10.8 Å². The zero-order valence-corrected chi connectivity index (χ0v) is 16.0. The van der Waals surface area contributed by atoms with Gasteiger partial charge in [0.1, 0.15) is 23.5 Å². The molecule has 0 unspecified atom stereocenters. The zero-order valence-electron chi connectivity index (χ0n) is 16.0. The van der Waals surface area contributed by atoms with Gasteiger partial charge in [0.05, 0.1) is 18.9 Å². The fraction of sp³-hybridized carbons (Fsp3) is 0.286. The van der Waals surface area contributed by atoms with E-state index < -0.39 is 0 Å². The lowest BCUT2D eigenvalue weighted by molar-refractivity contribution is -0.581. The molecule has 0 spiro atoms. The highest BCUT2D eigenvalue weighted by Crippen LogP contribution is 2.25. The van der Waals surface area contributed by atoms with Gasteiger partial charge in [0, 0.05) is 11.5 Å². The van der Waals surface area contributed by atoms with Crippen molar-refractivity contribution in [1.29, 1.82) is 5.41 Å². The summed E-state index contributed by atoms with van der Waals surface area (Å²) in [5, 5.41) is 12.9. The van der Waals surface area contributed by atoms with Crippen molar-refractivity contribution >= 4 is 28.1 Å². The molecule has 1 aromatic heterocycles. The smallest absolute Gasteiger partial charge is 0.239 e. The predicted octanol–water partition coefficient (Wildman–Crippen LogP) is 2.88. The Bertz CT molecular complexity index is 968. The Kier molecular flexibility index (Phi) is 5.66. The molecule has 0 radical (unpaired) electrons. The summed E-state index contributed by atoms with van der Waals surface area (Å²) >= 11 is 0. The number of hydrogen-bond acceptors (Lipinski definition) is 5. The Labute approximate surface area is 159 Å². The van der Waals surface area contributed by atoms with Crippen LogP contribution in [0.3, 0.4) is 0 Å². The van der Waals surface area contributed by atoms with E-state index in [2.05, 4.69) is 23.8 Å². The summed E-state index contributed by atoms with van der Waals surface area (Å²) in [4.78, 5) is 8.45. The van der Waals surface area contributed by atoms with Crippen LogP contribution in [0.2, 0.25) is 0 Å². The van der Waals surface area contributed by atoms with Crippen LogP contribution in [-0.2, 0) is 0 Å². The second-order valence-corrected chi connectivity index (χ2v) is 6.88. The van der Waals surface area contributed by atoms with E-state index in [9.17, 15) is 0 Å². The Morgan fingerprint density at radius 1 is 1.15 bits per heavy atom. The number of aromatic nitrogens is 2. The molecule has 0 bridgehead atoms. The molecule has 0 aliphatic rings. The highest BCUT2D eigenvalue weighted by atomic mass is 16.5. The molecule has 140 valence electrons. The number of benzene rings is 2. The van der Waals surface area contributed by atoms with Crippen LogP contribution >= 0.6 is 0 Å². The molecule has 0 saturated carbocycles. The number of nitrogens with one attached hydrogen (secondary N) is 1. The number of nitrogens with zero attached hydrogens (tertiary/aromatic N) is 2. The van der Waals surface area contributed by atoms with Crippen molar-refractivity contribution in [3.8, 4) is 5.75 Å². The first-order chi connectivity index (χ1) is 13.0. The number of fused-ring (bicyclic) bond motifs is 1. The van der Waals surface area contributed by atoms with Crippen LogP contribution in [0.5, 0.6) is 5.75 Å². The zero-order chi connectivity index (χ0) is 19.4. The number of ether oxygens (including phenoxy) is 1. The fourth-order valence-corrected chi connectivity index (χ4v) is 2.95. The standard InChI is InChI=1S/C21H25N5O/c1-4-27-17-8-7-14-9-16(6-5-15(14)10-17)19(22)18-20(23)25-12-26-21(18)24-11-13(2)3/h5-10,12-13,22H,4,11H2,1-3H3,(H3,23,24,25,26)/p+1. The van der Waals surface area contributed by atoms with Gasteiger partial charge in [0.2, 0.25) is 5.82 Å². The number of rotatable bonds is 7. The molecule has 27 heavy (non-hydrogen) atoms. The first kappa shape index (κ1) is 18.8. The van der Waals surface area contributed by atoms with Gasteiger partial charge in [-0.05, 0) is 35.9 Å². The van der Waals surface area contributed by atoms with Crippen LogP contribution in [0, 0.1) is 11.3 Å². The molecule has 3 rings (SSSR count). The molecule has 2 aromatic carbocycles. The van der Waals surface area contributed by atoms with E-state index in [1.807, 2.05) is 48.6 Å². The summed E-state index contributed by atoms with van der Waals surface area (Å²) in [6, 6.07) is 11.9. The van der Waals surface area contributed by atoms with E-state index >= 15 is 0 Å². The van der Waals surface area contributed by atoms with E-state index in [1.54, 1.807) is 0 Å². The summed E-state index contributed by atoms with van der Waals surface area (Å²) in [6.45, 7) is 7.76. The molecule has 0 amide bonds. The van der Waals surface area contributed by atoms with Gasteiger partial charge < -0.3 is 10.5 Å². The first-order valence-electron chi connectivity index (χ1n) is 9.19. The molecule has 1 heterocycles. The largest absolute Gasteiger partial charge is 0.494 e. The second kappa shape index (κ2) is 8.14. The maximum absolute atomic E-state index is 8.72. The quantitative estimate of drug-likeness (QED) is 0.561. The van der Waals surface area contributed by atoms with Crippen LogP contribution in [0.4, 0.5) is 11.6 Å². The van der Waals surface area contributed by atoms with Crippen molar-refractivity contribution < 1.29 is 10.1 Å². The number of anilines is 1. The number of nitrogens with two attached hydrogens (primary N) is 2. The Hall–Kier alpha value is -2.99. The normalized spacial score (nSPS) is 11.1. The number of hydrogen-bond donors (Lipinski definition) is 3. The molecule has 0 saturated heterocycles. The number of nitrogen functional groups attached to an aromatic ring is 1. The van der Waals surface area contributed by atoms with Gasteiger partial charge in [-0.2, -0.15) is 4.98 Å². The van der Waals surface area contributed by atoms with Gasteiger partial charge in [0.15, 0.2) is 0 Å². The van der Waals surface area contributed by atoms with Crippen molar-refractivity contribution in [3.63, 3.8) is 0 Å². The fourth-order valence-electron chi connectivity index (χ4n) is 2.95. The van der Waals surface area contributed by atoms with E-state index in [4.69, 9.17) is 15.9 Å². The van der Waals surface area contributed by atoms with Gasteiger partial charge in [-0.25, -0.2) is 4.98 Å². The van der Waals surface area contributed by atoms with E-state index in [-0.39, 0.29) is 0 Å². The summed E-state index contributed by atoms with van der Waals surface area (Å²) < 4.78 is 5.56. The topological polar surface area (TPSA) is 101 Å². The molecule has 0 aliphatic carbocycles. The minimum Gasteiger partial charge on any atom is -0.494 e. The Balaban J connectivity index is 1.97. The van der Waals surface area contributed by atoms with Crippen LogP contribution < -0.4 is 15.8 Å². The second-order valence-electron chi connectivity index (χ2n) is 6.88. The Morgan fingerprint density at radius 2 is 1.89 bits per heavy atom. The molecule has 6 heteroatoms. The highest BCUT2D eigenvalue weighted by molar-refractivity contribution is 6.16. The Morgan fingerprint density at radius 3 is 2.63 bits per heavy atom. The molecule has 0 atom stereocenters. The van der Waals surface area contributed by atoms with E-state index in [0.717, 1.165) is 28.6 Å². The molecule has 0 fully saturated rings. The molecule has 5 N–H and O–H groups in total. The van der Waals surface area contributed by atoms with Crippen LogP contribution in [0.1, 0.15) is 31.9 Å². The van der Waals surface area contributed by atoms with Crippen molar-refractivity contribution in [1.82, 2.24) is 9.97 Å². The summed E-state index contributed by atoms with van der Waals surface area (Å²) in [5.74, 6) is 2.40. The maximum Gasteiger partial charge on any atom is 0.239 e. The van der Waals surface area contributed by atoms with Crippen molar-refractivity contribution in [3.05, 3.63) is 53.9 Å². The van der Waals surface area contributed by atoms with Gasteiger partial charge in [-0.3, -0.25) is 10.7 Å². The van der Waals surface area contributed by atoms with Crippen LogP contribution in [-0.4, -0.2) is 28.8 Å². The summed E-state index contributed by atoms with van der Waals surface area (Å²) in [7, 11) is 0. The molecule has 0 aliphatic heterocycles. The predicted molar refractivity (Wildman–Crippen MR) is 109 cm³/mol. The van der Waals surface area contributed by atoms with Crippen molar-refractivity contribution in [2.75, 3.05) is 18.9 Å². The lowest BCUT2D eigenvalue weighted by atomic mass is 9.99. The average Bonchev–Trinajstić information content (AvgIpc) is 2.65. The van der Waals surface area contributed by atoms with E-state index in [1.165, 1.54) is 6.33 Å². The first-order valence-corrected chi connectivity index (χ1v) is 9.19. The third-order valence-corrected chi connectivity index (χ3v) is 4.35. The van der Waals surface area contributed by atoms with Crippen LogP contribution in [0.15, 0.2) is 42.7 Å². The van der Waals surface area contributed by atoms with Crippen molar-refractivity contribution in [2.24, 2.45) is 5.92 Å². The van der Waals surface area contributed by atoms with Gasteiger partial charge >= 0.3 is 0 Å². The monoisotopic (exact) mass is 364 g/mol. The lowest BCUT2D eigenvalue weighted by Crippen LogP contribution is -2.80. The molecule has 3 aromatic rings. The SMILES string of the molecule is CCOc1ccc2cc(C(=N)c3c(N)ncnc3[NH2+]CC(C)C)ccc2c1. The minimum atomic E-state index is 0.330. The molecule has 6 nitrogen and oxygen atoms in total. The number of quaternary nitrogens is 1. The summed E-state index contributed by atoms with van der Waals surface area (Å²) in [6.07, 6.45) is 1.45. The minimum absolute atomic E-state index is 0.330.